The first kappa shape index (κ1) is 27.8. The van der Waals surface area contributed by atoms with Crippen LogP contribution in [-0.4, -0.2) is 89.9 Å². The number of aliphatic hydroxyl groups excluding tert-OH is 4. The quantitative estimate of drug-likeness (QED) is 0.222. The fourth-order valence-electron chi connectivity index (χ4n) is 4.91. The number of amides is 1. The van der Waals surface area contributed by atoms with Gasteiger partial charge in [0.1, 0.15) is 47.6 Å². The monoisotopic (exact) mass is 549 g/mol. The Bertz CT molecular complexity index is 1450. The van der Waals surface area contributed by atoms with Gasteiger partial charge in [-0.3, -0.25) is 4.79 Å². The summed E-state index contributed by atoms with van der Waals surface area (Å²) >= 11 is 0. The van der Waals surface area contributed by atoms with Crippen LogP contribution in [0.3, 0.4) is 0 Å². The average molecular weight is 550 g/mol. The van der Waals surface area contributed by atoms with Crippen molar-refractivity contribution in [2.45, 2.75) is 37.6 Å². The van der Waals surface area contributed by atoms with Crippen molar-refractivity contribution in [1.82, 2.24) is 5.32 Å². The molecule has 11 nitrogen and oxygen atoms in total. The van der Waals surface area contributed by atoms with E-state index in [1.54, 1.807) is 19.1 Å². The Morgan fingerprint density at radius 2 is 1.73 bits per heavy atom. The zero-order chi connectivity index (χ0) is 28.4. The summed E-state index contributed by atoms with van der Waals surface area (Å²) in [7, 11) is 0. The highest BCUT2D eigenvalue weighted by atomic mass is 16.6. The molecule has 2 fully saturated rings. The van der Waals surface area contributed by atoms with Gasteiger partial charge in [0.2, 0.25) is 0 Å². The van der Waals surface area contributed by atoms with E-state index in [1.165, 1.54) is 0 Å². The molecule has 210 valence electrons. The molecule has 0 saturated carbocycles. The van der Waals surface area contributed by atoms with Gasteiger partial charge in [0.05, 0.1) is 13.2 Å². The van der Waals surface area contributed by atoms with Gasteiger partial charge < -0.3 is 44.5 Å². The SMILES string of the molecule is C/C(=C(/C#N)C(=O)NC[C@H]1OC(O)[C@H](O)[C@@H](O)[C@@H]1O)c1ccc(-c2ccc3cc(N4CCOCC4)ccc3c2)o1. The number of furan rings is 1. The van der Waals surface area contributed by atoms with E-state index in [-0.39, 0.29) is 12.1 Å². The highest BCUT2D eigenvalue weighted by Crippen LogP contribution is 2.31. The molecule has 0 radical (unpaired) electrons. The molecule has 5 rings (SSSR count). The highest BCUT2D eigenvalue weighted by molar-refractivity contribution is 6.04. The molecule has 2 aliphatic heterocycles. The van der Waals surface area contributed by atoms with Crippen LogP contribution in [0.2, 0.25) is 0 Å². The van der Waals surface area contributed by atoms with E-state index in [4.69, 9.17) is 13.9 Å². The summed E-state index contributed by atoms with van der Waals surface area (Å²) in [4.78, 5) is 15.1. The molecular weight excluding hydrogens is 518 g/mol. The van der Waals surface area contributed by atoms with E-state index in [9.17, 15) is 30.5 Å². The number of carbonyl (C=O) groups excluding carboxylic acids is 1. The minimum atomic E-state index is -1.73. The number of benzene rings is 2. The molecule has 1 unspecified atom stereocenters. The fourth-order valence-corrected chi connectivity index (χ4v) is 4.91. The summed E-state index contributed by atoms with van der Waals surface area (Å²) in [5.41, 5.74) is 2.10. The number of anilines is 1. The average Bonchev–Trinajstić information content (AvgIpc) is 3.48. The third kappa shape index (κ3) is 5.59. The number of hydrogen-bond donors (Lipinski definition) is 5. The van der Waals surface area contributed by atoms with Crippen LogP contribution in [0.15, 0.2) is 58.5 Å². The third-order valence-corrected chi connectivity index (χ3v) is 7.32. The number of nitrogens with one attached hydrogen (secondary N) is 1. The molecule has 1 amide bonds. The van der Waals surface area contributed by atoms with Crippen molar-refractivity contribution in [2.75, 3.05) is 37.7 Å². The van der Waals surface area contributed by atoms with Crippen molar-refractivity contribution >= 4 is 27.9 Å². The second-order valence-corrected chi connectivity index (χ2v) is 9.87. The summed E-state index contributed by atoms with van der Waals surface area (Å²) in [6, 6.07) is 17.7. The number of allylic oxidation sites excluding steroid dienone is 1. The van der Waals surface area contributed by atoms with Crippen molar-refractivity contribution in [1.29, 1.82) is 5.26 Å². The van der Waals surface area contributed by atoms with Gasteiger partial charge in [0, 0.05) is 36.5 Å². The van der Waals surface area contributed by atoms with Crippen LogP contribution >= 0.6 is 0 Å². The number of morpholine rings is 1. The van der Waals surface area contributed by atoms with Gasteiger partial charge in [-0.1, -0.05) is 18.2 Å². The normalized spacial score (nSPS) is 25.8. The number of fused-ring (bicyclic) bond motifs is 1. The molecule has 0 bridgehead atoms. The maximum Gasteiger partial charge on any atom is 0.262 e. The first-order valence-corrected chi connectivity index (χ1v) is 13.0. The number of nitriles is 1. The number of carbonyl (C=O) groups is 1. The Morgan fingerprint density at radius 1 is 1.00 bits per heavy atom. The minimum Gasteiger partial charge on any atom is -0.456 e. The smallest absolute Gasteiger partial charge is 0.262 e. The molecule has 2 aromatic carbocycles. The van der Waals surface area contributed by atoms with Crippen molar-refractivity contribution in [3.63, 3.8) is 0 Å². The van der Waals surface area contributed by atoms with Crippen molar-refractivity contribution < 1.29 is 39.1 Å². The molecule has 11 heteroatoms. The fraction of sp³-hybridized carbons (Fsp3) is 0.379. The Kier molecular flexibility index (Phi) is 8.18. The lowest BCUT2D eigenvalue weighted by Crippen LogP contribution is -2.60. The van der Waals surface area contributed by atoms with Crippen LogP contribution in [0.4, 0.5) is 5.69 Å². The van der Waals surface area contributed by atoms with Gasteiger partial charge in [-0.15, -0.1) is 0 Å². The van der Waals surface area contributed by atoms with Crippen LogP contribution in [0.5, 0.6) is 0 Å². The zero-order valence-corrected chi connectivity index (χ0v) is 21.9. The van der Waals surface area contributed by atoms with E-state index >= 15 is 0 Å². The van der Waals surface area contributed by atoms with Crippen LogP contribution in [0.1, 0.15) is 12.7 Å². The minimum absolute atomic E-state index is 0.207. The Hall–Kier alpha value is -3.76. The first-order chi connectivity index (χ1) is 19.3. The maximum atomic E-state index is 12.8. The highest BCUT2D eigenvalue weighted by Gasteiger charge is 2.43. The van der Waals surface area contributed by atoms with Crippen LogP contribution < -0.4 is 10.2 Å². The topological polar surface area (TPSA) is 169 Å². The molecule has 2 aliphatic rings. The molecule has 3 aromatic rings. The second-order valence-electron chi connectivity index (χ2n) is 9.87. The van der Waals surface area contributed by atoms with Crippen LogP contribution in [0, 0.1) is 11.3 Å². The summed E-state index contributed by atoms with van der Waals surface area (Å²) in [6.45, 7) is 4.44. The number of rotatable bonds is 6. The Labute approximate surface area is 230 Å². The predicted octanol–water partition coefficient (Wildman–Crippen LogP) is 1.15. The van der Waals surface area contributed by atoms with Gasteiger partial charge in [-0.05, 0) is 48.0 Å². The van der Waals surface area contributed by atoms with E-state index in [0.29, 0.717) is 17.1 Å². The lowest BCUT2D eigenvalue weighted by Gasteiger charge is -2.38. The number of hydrogen-bond acceptors (Lipinski definition) is 10. The summed E-state index contributed by atoms with van der Waals surface area (Å²) < 4.78 is 16.5. The number of ether oxygens (including phenoxy) is 2. The second kappa shape index (κ2) is 11.8. The largest absolute Gasteiger partial charge is 0.456 e. The first-order valence-electron chi connectivity index (χ1n) is 13.0. The molecule has 3 heterocycles. The lowest BCUT2D eigenvalue weighted by molar-refractivity contribution is -0.280. The van der Waals surface area contributed by atoms with Crippen molar-refractivity contribution in [3.05, 3.63) is 59.9 Å². The molecule has 40 heavy (non-hydrogen) atoms. The maximum absolute atomic E-state index is 12.8. The van der Waals surface area contributed by atoms with Gasteiger partial charge in [0.25, 0.3) is 5.91 Å². The zero-order valence-electron chi connectivity index (χ0n) is 21.9. The number of nitrogens with zero attached hydrogens (tertiary/aromatic N) is 2. The number of aliphatic hydroxyl groups is 4. The Balaban J connectivity index is 1.30. The summed E-state index contributed by atoms with van der Waals surface area (Å²) in [6.07, 6.45) is -7.79. The summed E-state index contributed by atoms with van der Waals surface area (Å²) in [5.74, 6) is 0.171. The molecular formula is C29H31N3O8. The van der Waals surface area contributed by atoms with E-state index in [0.717, 1.165) is 48.3 Å². The van der Waals surface area contributed by atoms with Gasteiger partial charge in [-0.25, -0.2) is 0 Å². The van der Waals surface area contributed by atoms with Crippen LogP contribution in [-0.2, 0) is 14.3 Å². The van der Waals surface area contributed by atoms with Crippen LogP contribution in [0.25, 0.3) is 27.7 Å². The predicted molar refractivity (Wildman–Crippen MR) is 145 cm³/mol. The summed E-state index contributed by atoms with van der Waals surface area (Å²) in [5, 5.41) is 53.5. The molecule has 5 atom stereocenters. The van der Waals surface area contributed by atoms with E-state index < -0.39 is 36.6 Å². The Morgan fingerprint density at radius 3 is 2.48 bits per heavy atom. The van der Waals surface area contributed by atoms with Gasteiger partial charge in [-0.2, -0.15) is 5.26 Å². The molecule has 0 spiro atoms. The standard InChI is InChI=1S/C29H31N3O8/c1-16(21(14-30)28(36)31-15-24-25(33)26(34)27(35)29(37)40-24)22-6-7-23(39-22)19-3-2-18-13-20(5-4-17(18)12-19)32-8-10-38-11-9-32/h2-7,12-13,24-27,29,33-35,37H,8-11,15H2,1H3,(H,31,36)/b21-16+/t24-,25-,26+,27-,29?/m1/s1. The third-order valence-electron chi connectivity index (χ3n) is 7.32. The van der Waals surface area contributed by atoms with Gasteiger partial charge >= 0.3 is 0 Å². The molecule has 0 aliphatic carbocycles. The van der Waals surface area contributed by atoms with E-state index in [2.05, 4.69) is 28.4 Å². The molecule has 1 aromatic heterocycles. The molecule has 2 saturated heterocycles. The van der Waals surface area contributed by atoms with Crippen molar-refractivity contribution in [2.24, 2.45) is 0 Å². The van der Waals surface area contributed by atoms with Crippen molar-refractivity contribution in [3.8, 4) is 17.4 Å². The van der Waals surface area contributed by atoms with E-state index in [1.807, 2.05) is 24.3 Å². The lowest BCUT2D eigenvalue weighted by atomic mass is 9.99. The van der Waals surface area contributed by atoms with Gasteiger partial charge in [0.15, 0.2) is 6.29 Å². The molecule has 5 N–H and O–H groups in total.